The second-order valence-electron chi connectivity index (χ2n) is 6.31. The van der Waals surface area contributed by atoms with Gasteiger partial charge in [0.05, 0.1) is 0 Å². The molecule has 2 N–H and O–H groups in total. The molecule has 0 bridgehead atoms. The Bertz CT molecular complexity index is 413. The maximum absolute atomic E-state index is 5.87. The molecule has 0 aromatic heterocycles. The smallest absolute Gasteiger partial charge is 0.0321 e. The van der Waals surface area contributed by atoms with Gasteiger partial charge in [-0.25, -0.2) is 0 Å². The molecule has 18 heavy (non-hydrogen) atoms. The largest absolute Gasteiger partial charge is 0.399 e. The van der Waals surface area contributed by atoms with Crippen LogP contribution in [0.5, 0.6) is 0 Å². The summed E-state index contributed by atoms with van der Waals surface area (Å²) in [5.74, 6) is 0. The fourth-order valence-electron chi connectivity index (χ4n) is 3.74. The molecule has 0 amide bonds. The Morgan fingerprint density at radius 3 is 2.56 bits per heavy atom. The molecule has 1 heterocycles. The van der Waals surface area contributed by atoms with Crippen molar-refractivity contribution in [1.82, 2.24) is 4.90 Å². The molecule has 1 aromatic carbocycles. The molecular weight excluding hydrogens is 220 g/mol. The van der Waals surface area contributed by atoms with Gasteiger partial charge in [0.15, 0.2) is 0 Å². The van der Waals surface area contributed by atoms with Crippen LogP contribution in [0.15, 0.2) is 24.3 Å². The zero-order valence-corrected chi connectivity index (χ0v) is 11.4. The van der Waals surface area contributed by atoms with Crippen LogP contribution in [-0.4, -0.2) is 18.0 Å². The number of likely N-dealkylation sites (tertiary alicyclic amines) is 1. The van der Waals surface area contributed by atoms with Crippen LogP contribution in [0, 0.1) is 5.41 Å². The van der Waals surface area contributed by atoms with E-state index in [-0.39, 0.29) is 0 Å². The second-order valence-corrected chi connectivity index (χ2v) is 6.31. The molecule has 3 rings (SSSR count). The number of anilines is 1. The number of rotatable bonds is 2. The molecule has 1 saturated carbocycles. The molecule has 1 atom stereocenters. The predicted molar refractivity (Wildman–Crippen MR) is 76.4 cm³/mol. The molecule has 1 spiro atoms. The molecule has 2 aliphatic rings. The van der Waals surface area contributed by atoms with Gasteiger partial charge in [0, 0.05) is 24.8 Å². The summed E-state index contributed by atoms with van der Waals surface area (Å²) in [6.07, 6.45) is 7.24. The Hall–Kier alpha value is -1.02. The van der Waals surface area contributed by atoms with Crippen LogP contribution in [0.3, 0.4) is 0 Å². The van der Waals surface area contributed by atoms with Gasteiger partial charge in [0.2, 0.25) is 0 Å². The maximum atomic E-state index is 5.87. The first-order valence-corrected chi connectivity index (χ1v) is 7.28. The van der Waals surface area contributed by atoms with Gasteiger partial charge in [-0.2, -0.15) is 0 Å². The van der Waals surface area contributed by atoms with Gasteiger partial charge in [-0.3, -0.25) is 4.90 Å². The highest BCUT2D eigenvalue weighted by atomic mass is 15.2. The Morgan fingerprint density at radius 2 is 1.89 bits per heavy atom. The topological polar surface area (TPSA) is 29.3 Å². The lowest BCUT2D eigenvalue weighted by Crippen LogP contribution is -2.57. The van der Waals surface area contributed by atoms with Crippen LogP contribution in [0.1, 0.15) is 50.6 Å². The number of nitrogens with two attached hydrogens (primary N) is 1. The van der Waals surface area contributed by atoms with E-state index in [9.17, 15) is 0 Å². The van der Waals surface area contributed by atoms with Crippen molar-refractivity contribution in [2.75, 3.05) is 18.8 Å². The number of hydrogen-bond acceptors (Lipinski definition) is 2. The minimum atomic E-state index is 0.515. The Kier molecular flexibility index (Phi) is 3.06. The highest BCUT2D eigenvalue weighted by molar-refractivity contribution is 5.41. The van der Waals surface area contributed by atoms with Crippen molar-refractivity contribution in [3.63, 3.8) is 0 Å². The lowest BCUT2D eigenvalue weighted by atomic mass is 9.68. The van der Waals surface area contributed by atoms with Crippen molar-refractivity contribution in [2.24, 2.45) is 5.41 Å². The van der Waals surface area contributed by atoms with E-state index < -0.39 is 0 Å². The average Bonchev–Trinajstić information content (AvgIpc) is 2.36. The summed E-state index contributed by atoms with van der Waals surface area (Å²) in [4.78, 5) is 2.61. The van der Waals surface area contributed by atoms with Crippen LogP contribution < -0.4 is 5.73 Å². The third kappa shape index (κ3) is 2.14. The monoisotopic (exact) mass is 244 g/mol. The van der Waals surface area contributed by atoms with Gasteiger partial charge in [-0.1, -0.05) is 31.4 Å². The summed E-state index contributed by atoms with van der Waals surface area (Å²) in [5.41, 5.74) is 8.79. The zero-order chi connectivity index (χ0) is 12.6. The van der Waals surface area contributed by atoms with E-state index in [1.165, 1.54) is 50.8 Å². The average molecular weight is 244 g/mol. The van der Waals surface area contributed by atoms with Crippen molar-refractivity contribution in [2.45, 2.75) is 45.1 Å². The third-order valence-corrected chi connectivity index (χ3v) is 4.93. The van der Waals surface area contributed by atoms with Crippen LogP contribution in [0.2, 0.25) is 0 Å². The molecule has 1 aromatic rings. The number of nitrogens with zero attached hydrogens (tertiary/aromatic N) is 1. The molecule has 2 nitrogen and oxygen atoms in total. The van der Waals surface area contributed by atoms with Gasteiger partial charge in [0.25, 0.3) is 0 Å². The van der Waals surface area contributed by atoms with E-state index in [2.05, 4.69) is 30.0 Å². The molecule has 0 radical (unpaired) electrons. The first kappa shape index (κ1) is 12.0. The first-order chi connectivity index (χ1) is 8.69. The number of benzene rings is 1. The molecule has 2 heteroatoms. The van der Waals surface area contributed by atoms with Crippen molar-refractivity contribution < 1.29 is 0 Å². The zero-order valence-electron chi connectivity index (χ0n) is 11.4. The lowest BCUT2D eigenvalue weighted by Gasteiger charge is -2.55. The third-order valence-electron chi connectivity index (χ3n) is 4.93. The molecule has 2 fully saturated rings. The van der Waals surface area contributed by atoms with Gasteiger partial charge in [-0.15, -0.1) is 0 Å². The van der Waals surface area contributed by atoms with Crippen LogP contribution >= 0.6 is 0 Å². The van der Waals surface area contributed by atoms with E-state index >= 15 is 0 Å². The summed E-state index contributed by atoms with van der Waals surface area (Å²) >= 11 is 0. The Balaban J connectivity index is 1.64. The van der Waals surface area contributed by atoms with E-state index in [1.807, 2.05) is 6.07 Å². The summed E-state index contributed by atoms with van der Waals surface area (Å²) in [7, 11) is 0. The van der Waals surface area contributed by atoms with Crippen LogP contribution in [-0.2, 0) is 0 Å². The van der Waals surface area contributed by atoms with Gasteiger partial charge >= 0.3 is 0 Å². The molecule has 98 valence electrons. The van der Waals surface area contributed by atoms with Crippen LogP contribution in [0.25, 0.3) is 0 Å². The minimum absolute atomic E-state index is 0.515. The standard InChI is InChI=1S/C16H24N2/c1-13(14-6-5-7-15(17)10-14)18-11-16(12-18)8-3-2-4-9-16/h5-7,10,13H,2-4,8-9,11-12,17H2,1H3. The summed E-state index contributed by atoms with van der Waals surface area (Å²) in [6, 6.07) is 8.87. The van der Waals surface area contributed by atoms with Gasteiger partial charge in [0.1, 0.15) is 0 Å². The second kappa shape index (κ2) is 4.58. The lowest BCUT2D eigenvalue weighted by molar-refractivity contribution is -0.0516. The minimum Gasteiger partial charge on any atom is -0.399 e. The van der Waals surface area contributed by atoms with Crippen molar-refractivity contribution in [1.29, 1.82) is 0 Å². The summed E-state index contributed by atoms with van der Waals surface area (Å²) < 4.78 is 0. The first-order valence-electron chi connectivity index (χ1n) is 7.28. The fourth-order valence-corrected chi connectivity index (χ4v) is 3.74. The quantitative estimate of drug-likeness (QED) is 0.805. The molecule has 1 saturated heterocycles. The molecule has 1 aliphatic heterocycles. The Labute approximate surface area is 110 Å². The maximum Gasteiger partial charge on any atom is 0.0321 e. The number of hydrogen-bond donors (Lipinski definition) is 1. The van der Waals surface area contributed by atoms with Crippen molar-refractivity contribution >= 4 is 5.69 Å². The molecule has 1 unspecified atom stereocenters. The van der Waals surface area contributed by atoms with E-state index in [0.29, 0.717) is 11.5 Å². The van der Waals surface area contributed by atoms with Crippen LogP contribution in [0.4, 0.5) is 5.69 Å². The molecular formula is C16H24N2. The van der Waals surface area contributed by atoms with E-state index in [4.69, 9.17) is 5.73 Å². The predicted octanol–water partition coefficient (Wildman–Crippen LogP) is 3.60. The summed E-state index contributed by atoms with van der Waals surface area (Å²) in [5, 5.41) is 0. The SMILES string of the molecule is CC(c1cccc(N)c1)N1CC2(CCCCC2)C1. The van der Waals surface area contributed by atoms with Crippen molar-refractivity contribution in [3.8, 4) is 0 Å². The molecule has 1 aliphatic carbocycles. The van der Waals surface area contributed by atoms with Crippen molar-refractivity contribution in [3.05, 3.63) is 29.8 Å². The fraction of sp³-hybridized carbons (Fsp3) is 0.625. The van der Waals surface area contributed by atoms with Gasteiger partial charge < -0.3 is 5.73 Å². The highest BCUT2D eigenvalue weighted by Gasteiger charge is 2.44. The number of nitrogen functional groups attached to an aromatic ring is 1. The highest BCUT2D eigenvalue weighted by Crippen LogP contribution is 2.46. The van der Waals surface area contributed by atoms with Gasteiger partial charge in [-0.05, 0) is 42.9 Å². The normalized spacial score (nSPS) is 24.7. The van der Waals surface area contributed by atoms with E-state index in [0.717, 1.165) is 5.69 Å². The summed E-state index contributed by atoms with van der Waals surface area (Å²) in [6.45, 7) is 4.90. The van der Waals surface area contributed by atoms with E-state index in [1.54, 1.807) is 0 Å². The Morgan fingerprint density at radius 1 is 1.17 bits per heavy atom.